The third kappa shape index (κ3) is 3.94. The predicted molar refractivity (Wildman–Crippen MR) is 121 cm³/mol. The number of carbonyl (C=O) groups is 1. The molecule has 5 rings (SSSR count). The van der Waals surface area contributed by atoms with Crippen molar-refractivity contribution in [3.8, 4) is 11.5 Å². The van der Waals surface area contributed by atoms with E-state index < -0.39 is 5.69 Å². The van der Waals surface area contributed by atoms with Crippen LogP contribution in [-0.4, -0.2) is 33.5 Å². The minimum Gasteiger partial charge on any atom is -0.463 e. The van der Waals surface area contributed by atoms with Crippen LogP contribution in [0.3, 0.4) is 0 Å². The highest BCUT2D eigenvalue weighted by Crippen LogP contribution is 2.34. The molecule has 1 N–H and O–H groups in total. The van der Waals surface area contributed by atoms with Crippen LogP contribution in [0.5, 0.6) is 0 Å². The summed E-state index contributed by atoms with van der Waals surface area (Å²) in [5, 5.41) is 4.10. The van der Waals surface area contributed by atoms with Crippen molar-refractivity contribution in [2.75, 3.05) is 23.3 Å². The molecule has 0 saturated carbocycles. The van der Waals surface area contributed by atoms with Crippen LogP contribution < -0.4 is 15.9 Å². The van der Waals surface area contributed by atoms with Gasteiger partial charge in [-0.2, -0.15) is 4.98 Å². The van der Waals surface area contributed by atoms with Crippen molar-refractivity contribution < 1.29 is 9.21 Å². The van der Waals surface area contributed by atoms with E-state index in [0.717, 1.165) is 31.1 Å². The van der Waals surface area contributed by atoms with Gasteiger partial charge in [-0.15, -0.1) is 0 Å². The zero-order chi connectivity index (χ0) is 21.4. The van der Waals surface area contributed by atoms with E-state index in [1.54, 1.807) is 36.4 Å². The smallest absolute Gasteiger partial charge is 0.349 e. The van der Waals surface area contributed by atoms with E-state index in [0.29, 0.717) is 32.5 Å². The van der Waals surface area contributed by atoms with Crippen LogP contribution in [0.4, 0.5) is 10.8 Å². The van der Waals surface area contributed by atoms with Crippen LogP contribution in [0.1, 0.15) is 12.8 Å². The first-order chi connectivity index (χ1) is 15.1. The highest BCUT2D eigenvalue weighted by molar-refractivity contribution is 7.22. The number of thiazole rings is 1. The molecule has 4 heterocycles. The van der Waals surface area contributed by atoms with E-state index in [1.165, 1.54) is 22.2 Å². The second-order valence-corrected chi connectivity index (χ2v) is 8.60. The molecule has 1 saturated heterocycles. The van der Waals surface area contributed by atoms with E-state index >= 15 is 0 Å². The molecule has 8 nitrogen and oxygen atoms in total. The maximum atomic E-state index is 12.9. The van der Waals surface area contributed by atoms with Crippen molar-refractivity contribution in [2.45, 2.75) is 19.4 Å². The summed E-state index contributed by atoms with van der Waals surface area (Å²) in [4.78, 5) is 37.3. The summed E-state index contributed by atoms with van der Waals surface area (Å²) in [6, 6.07) is 10.3. The molecule has 0 radical (unpaired) electrons. The summed E-state index contributed by atoms with van der Waals surface area (Å²) in [5.74, 6) is 0.116. The Morgan fingerprint density at radius 1 is 1.19 bits per heavy atom. The molecule has 10 heteroatoms. The summed E-state index contributed by atoms with van der Waals surface area (Å²) in [6.45, 7) is 1.65. The normalized spacial score (nSPS) is 13.8. The maximum absolute atomic E-state index is 12.9. The van der Waals surface area contributed by atoms with Gasteiger partial charge in [0, 0.05) is 23.8 Å². The maximum Gasteiger partial charge on any atom is 0.349 e. The molecule has 1 aliphatic heterocycles. The molecular formula is C21H18ClN5O3S. The quantitative estimate of drug-likeness (QED) is 0.488. The largest absolute Gasteiger partial charge is 0.463 e. The van der Waals surface area contributed by atoms with Gasteiger partial charge in [0.1, 0.15) is 22.6 Å². The molecule has 1 aromatic carbocycles. The van der Waals surface area contributed by atoms with Gasteiger partial charge in [-0.05, 0) is 43.2 Å². The molecule has 4 aromatic rings. The van der Waals surface area contributed by atoms with Gasteiger partial charge >= 0.3 is 5.69 Å². The van der Waals surface area contributed by atoms with Gasteiger partial charge in [0.2, 0.25) is 5.91 Å². The summed E-state index contributed by atoms with van der Waals surface area (Å²) in [5.41, 5.74) is 0.969. The molecule has 0 spiro atoms. The number of halogens is 1. The lowest BCUT2D eigenvalue weighted by molar-refractivity contribution is -0.116. The van der Waals surface area contributed by atoms with E-state index in [-0.39, 0.29) is 12.5 Å². The fourth-order valence-corrected chi connectivity index (χ4v) is 4.92. The van der Waals surface area contributed by atoms with Crippen LogP contribution >= 0.6 is 22.9 Å². The Bertz CT molecular complexity index is 1310. The third-order valence-electron chi connectivity index (χ3n) is 5.05. The number of amides is 1. The third-order valence-corrected chi connectivity index (χ3v) is 6.42. The Morgan fingerprint density at radius 3 is 2.77 bits per heavy atom. The average Bonchev–Trinajstić information content (AvgIpc) is 3.51. The molecule has 31 heavy (non-hydrogen) atoms. The van der Waals surface area contributed by atoms with Gasteiger partial charge in [-0.25, -0.2) is 9.78 Å². The van der Waals surface area contributed by atoms with Crippen molar-refractivity contribution in [3.63, 3.8) is 0 Å². The van der Waals surface area contributed by atoms with Crippen molar-refractivity contribution in [2.24, 2.45) is 0 Å². The number of nitrogens with zero attached hydrogens (tertiary/aromatic N) is 4. The number of benzene rings is 1. The molecule has 1 fully saturated rings. The molecule has 158 valence electrons. The Kier molecular flexibility index (Phi) is 5.21. The van der Waals surface area contributed by atoms with E-state index in [4.69, 9.17) is 21.0 Å². The second kappa shape index (κ2) is 8.16. The molecule has 0 unspecified atom stereocenters. The van der Waals surface area contributed by atoms with Gasteiger partial charge in [0.15, 0.2) is 10.9 Å². The highest BCUT2D eigenvalue weighted by atomic mass is 35.5. The molecule has 0 aliphatic carbocycles. The minimum absolute atomic E-state index is 0.186. The van der Waals surface area contributed by atoms with Crippen LogP contribution in [0, 0.1) is 0 Å². The molecule has 3 aromatic heterocycles. The first-order valence-corrected chi connectivity index (χ1v) is 11.0. The lowest BCUT2D eigenvalue weighted by atomic mass is 10.3. The summed E-state index contributed by atoms with van der Waals surface area (Å²) in [7, 11) is 0. The van der Waals surface area contributed by atoms with Crippen molar-refractivity contribution in [1.82, 2.24) is 14.5 Å². The zero-order valence-corrected chi connectivity index (χ0v) is 17.9. The topological polar surface area (TPSA) is 93.3 Å². The van der Waals surface area contributed by atoms with Crippen LogP contribution in [0.15, 0.2) is 51.9 Å². The number of hydrogen-bond donors (Lipinski definition) is 1. The van der Waals surface area contributed by atoms with Gasteiger partial charge in [-0.3, -0.25) is 9.36 Å². The van der Waals surface area contributed by atoms with E-state index in [1.807, 2.05) is 0 Å². The van der Waals surface area contributed by atoms with E-state index in [2.05, 4.69) is 15.2 Å². The molecule has 0 bridgehead atoms. The Labute approximate surface area is 186 Å². The lowest BCUT2D eigenvalue weighted by Crippen LogP contribution is -2.29. The molecule has 1 amide bonds. The number of rotatable bonds is 5. The van der Waals surface area contributed by atoms with Crippen LogP contribution in [-0.2, 0) is 11.3 Å². The fourth-order valence-electron chi connectivity index (χ4n) is 3.61. The van der Waals surface area contributed by atoms with Gasteiger partial charge in [0.05, 0.1) is 6.26 Å². The highest BCUT2D eigenvalue weighted by Gasteiger charge is 2.23. The molecular weight excluding hydrogens is 438 g/mol. The van der Waals surface area contributed by atoms with Gasteiger partial charge < -0.3 is 14.6 Å². The number of fused-ring (bicyclic) bond motifs is 1. The zero-order valence-electron chi connectivity index (χ0n) is 16.4. The van der Waals surface area contributed by atoms with E-state index in [9.17, 15) is 9.59 Å². The standard InChI is InChI=1S/C21H18ClN5O3S/c22-13-5-3-6-14(11-13)23-16(28)12-27-19-18(25-21(31-19)26-8-1-2-9-26)17(24-20(27)29)15-7-4-10-30-15/h3-7,10-11H,1-2,8-9,12H2,(H,23,28). The van der Waals surface area contributed by atoms with Gasteiger partial charge in [-0.1, -0.05) is 29.0 Å². The summed E-state index contributed by atoms with van der Waals surface area (Å²) >= 11 is 7.38. The number of hydrogen-bond acceptors (Lipinski definition) is 7. The number of nitrogens with one attached hydrogen (secondary N) is 1. The van der Waals surface area contributed by atoms with Crippen molar-refractivity contribution in [3.05, 3.63) is 58.2 Å². The number of aromatic nitrogens is 3. The SMILES string of the molecule is O=C(Cn1c(=O)nc(-c2ccco2)c2nc(N3CCCC3)sc21)Nc1cccc(Cl)c1. The second-order valence-electron chi connectivity index (χ2n) is 7.21. The van der Waals surface area contributed by atoms with Crippen LogP contribution in [0.2, 0.25) is 5.02 Å². The number of carbonyl (C=O) groups excluding carboxylic acids is 1. The minimum atomic E-state index is -0.531. The first kappa shape index (κ1) is 19.8. The van der Waals surface area contributed by atoms with Crippen LogP contribution in [0.25, 0.3) is 21.8 Å². The first-order valence-electron chi connectivity index (χ1n) is 9.84. The summed E-state index contributed by atoms with van der Waals surface area (Å²) in [6.07, 6.45) is 3.74. The summed E-state index contributed by atoms with van der Waals surface area (Å²) < 4.78 is 6.84. The lowest BCUT2D eigenvalue weighted by Gasteiger charge is -2.11. The Balaban J connectivity index is 1.55. The Hall–Kier alpha value is -3.17. The van der Waals surface area contributed by atoms with Crippen molar-refractivity contribution >= 4 is 50.0 Å². The molecule has 1 aliphatic rings. The average molecular weight is 456 g/mol. The Morgan fingerprint density at radius 2 is 2.03 bits per heavy atom. The number of anilines is 2. The molecule has 0 atom stereocenters. The number of furan rings is 1. The fraction of sp³-hybridized carbons (Fsp3) is 0.238. The van der Waals surface area contributed by atoms with Gasteiger partial charge in [0.25, 0.3) is 0 Å². The van der Waals surface area contributed by atoms with Crippen molar-refractivity contribution in [1.29, 1.82) is 0 Å². The monoisotopic (exact) mass is 455 g/mol. The predicted octanol–water partition coefficient (Wildman–Crippen LogP) is 4.01.